The Morgan fingerprint density at radius 1 is 1.31 bits per heavy atom. The summed E-state index contributed by atoms with van der Waals surface area (Å²) in [6.07, 6.45) is 4.29. The van der Waals surface area contributed by atoms with E-state index in [1.807, 2.05) is 0 Å². The molecule has 0 bridgehead atoms. The summed E-state index contributed by atoms with van der Waals surface area (Å²) in [5.41, 5.74) is 2.87. The zero-order chi connectivity index (χ0) is 17.9. The van der Waals surface area contributed by atoms with Crippen molar-refractivity contribution < 1.29 is 4.79 Å². The maximum absolute atomic E-state index is 12.8. The van der Waals surface area contributed by atoms with Gasteiger partial charge in [-0.1, -0.05) is 6.07 Å². The van der Waals surface area contributed by atoms with Crippen LogP contribution in [0, 0.1) is 0 Å². The lowest BCUT2D eigenvalue weighted by atomic mass is 9.96. The van der Waals surface area contributed by atoms with Crippen molar-refractivity contribution >= 4 is 17.2 Å². The first kappa shape index (κ1) is 17.7. The highest BCUT2D eigenvalue weighted by Crippen LogP contribution is 2.26. The molecule has 1 fully saturated rings. The standard InChI is InChI=1S/C19H27N5OS/c1-23-8-10-24(11-9-23)16(17-7-4-12-26-17)13-20-19(25)18-14-5-2-3-6-15(14)21-22-18/h4,7,12,16H,2-3,5-6,8-11,13H2,1H3,(H,20,25)(H,21,22). The average Bonchev–Trinajstić information content (AvgIpc) is 3.33. The topological polar surface area (TPSA) is 64.3 Å². The Balaban J connectivity index is 1.44. The zero-order valence-electron chi connectivity index (χ0n) is 15.3. The van der Waals surface area contributed by atoms with Gasteiger partial charge in [0.15, 0.2) is 5.69 Å². The van der Waals surface area contributed by atoms with Gasteiger partial charge in [-0.25, -0.2) is 0 Å². The molecule has 1 unspecified atom stereocenters. The minimum Gasteiger partial charge on any atom is -0.349 e. The molecule has 2 aromatic rings. The number of piperazine rings is 1. The molecule has 3 heterocycles. The van der Waals surface area contributed by atoms with Crippen molar-refractivity contribution in [1.29, 1.82) is 0 Å². The van der Waals surface area contributed by atoms with Gasteiger partial charge in [0, 0.05) is 48.9 Å². The molecular formula is C19H27N5OS. The van der Waals surface area contributed by atoms with Crippen LogP contribution in [-0.2, 0) is 12.8 Å². The number of hydrogen-bond donors (Lipinski definition) is 2. The maximum atomic E-state index is 12.8. The fourth-order valence-corrected chi connectivity index (χ4v) is 4.83. The van der Waals surface area contributed by atoms with Crippen molar-refractivity contribution in [2.75, 3.05) is 39.8 Å². The number of carbonyl (C=O) groups is 1. The van der Waals surface area contributed by atoms with E-state index in [0.717, 1.165) is 56.7 Å². The number of rotatable bonds is 5. The summed E-state index contributed by atoms with van der Waals surface area (Å²) in [7, 11) is 2.17. The third-order valence-electron chi connectivity index (χ3n) is 5.58. The number of H-pyrrole nitrogens is 1. The van der Waals surface area contributed by atoms with Crippen LogP contribution in [-0.4, -0.2) is 65.7 Å². The Labute approximate surface area is 158 Å². The predicted molar refractivity (Wildman–Crippen MR) is 104 cm³/mol. The summed E-state index contributed by atoms with van der Waals surface area (Å²) in [4.78, 5) is 18.9. The minimum atomic E-state index is -0.0416. The molecule has 1 aliphatic heterocycles. The fraction of sp³-hybridized carbons (Fsp3) is 0.579. The van der Waals surface area contributed by atoms with E-state index in [9.17, 15) is 4.79 Å². The van der Waals surface area contributed by atoms with E-state index in [1.54, 1.807) is 11.3 Å². The molecule has 1 amide bonds. The number of hydrogen-bond acceptors (Lipinski definition) is 5. The molecule has 2 aliphatic rings. The van der Waals surface area contributed by atoms with E-state index in [2.05, 4.69) is 49.9 Å². The van der Waals surface area contributed by atoms with Crippen LogP contribution in [0.2, 0.25) is 0 Å². The lowest BCUT2D eigenvalue weighted by Gasteiger charge is -2.37. The van der Waals surface area contributed by atoms with Gasteiger partial charge in [0.05, 0.1) is 6.04 Å². The van der Waals surface area contributed by atoms with Crippen molar-refractivity contribution in [2.24, 2.45) is 0 Å². The molecule has 1 saturated heterocycles. The van der Waals surface area contributed by atoms with Crippen LogP contribution >= 0.6 is 11.3 Å². The van der Waals surface area contributed by atoms with Crippen LogP contribution < -0.4 is 5.32 Å². The van der Waals surface area contributed by atoms with Gasteiger partial charge in [0.25, 0.3) is 5.91 Å². The summed E-state index contributed by atoms with van der Waals surface area (Å²) in [5.74, 6) is -0.0416. The fourth-order valence-electron chi connectivity index (χ4n) is 3.97. The van der Waals surface area contributed by atoms with E-state index < -0.39 is 0 Å². The first-order valence-electron chi connectivity index (χ1n) is 9.52. The number of thiophene rings is 1. The molecule has 1 atom stereocenters. The second-order valence-electron chi connectivity index (χ2n) is 7.32. The highest BCUT2D eigenvalue weighted by atomic mass is 32.1. The summed E-state index contributed by atoms with van der Waals surface area (Å²) in [6.45, 7) is 4.84. The Morgan fingerprint density at radius 2 is 2.12 bits per heavy atom. The van der Waals surface area contributed by atoms with Gasteiger partial charge < -0.3 is 10.2 Å². The summed E-state index contributed by atoms with van der Waals surface area (Å²) in [5, 5.41) is 12.6. The summed E-state index contributed by atoms with van der Waals surface area (Å²) >= 11 is 1.77. The van der Waals surface area contributed by atoms with E-state index in [0.29, 0.717) is 12.2 Å². The number of aryl methyl sites for hydroxylation is 1. The van der Waals surface area contributed by atoms with E-state index in [-0.39, 0.29) is 11.9 Å². The molecule has 0 spiro atoms. The molecule has 4 rings (SSSR count). The first-order valence-corrected chi connectivity index (χ1v) is 10.4. The molecule has 0 aromatic carbocycles. The smallest absolute Gasteiger partial charge is 0.272 e. The van der Waals surface area contributed by atoms with E-state index in [1.165, 1.54) is 11.3 Å². The maximum Gasteiger partial charge on any atom is 0.272 e. The molecule has 0 saturated carbocycles. The predicted octanol–water partition coefficient (Wildman–Crippen LogP) is 2.07. The van der Waals surface area contributed by atoms with Crippen LogP contribution in [0.1, 0.15) is 45.5 Å². The average molecular weight is 374 g/mol. The molecule has 0 radical (unpaired) electrons. The molecule has 140 valence electrons. The molecule has 2 N–H and O–H groups in total. The molecule has 26 heavy (non-hydrogen) atoms. The second kappa shape index (κ2) is 7.90. The van der Waals surface area contributed by atoms with Crippen molar-refractivity contribution in [2.45, 2.75) is 31.7 Å². The Kier molecular flexibility index (Phi) is 5.38. The Morgan fingerprint density at radius 3 is 2.88 bits per heavy atom. The van der Waals surface area contributed by atoms with E-state index in [4.69, 9.17) is 0 Å². The number of fused-ring (bicyclic) bond motifs is 1. The van der Waals surface area contributed by atoms with Gasteiger partial charge in [0.1, 0.15) is 0 Å². The summed E-state index contributed by atoms with van der Waals surface area (Å²) in [6, 6.07) is 4.51. The van der Waals surface area contributed by atoms with Crippen molar-refractivity contribution in [1.82, 2.24) is 25.3 Å². The van der Waals surface area contributed by atoms with Crippen LogP contribution in [0.15, 0.2) is 17.5 Å². The van der Waals surface area contributed by atoms with Crippen molar-refractivity contribution in [3.63, 3.8) is 0 Å². The molecule has 2 aromatic heterocycles. The van der Waals surface area contributed by atoms with Gasteiger partial charge in [-0.3, -0.25) is 14.8 Å². The minimum absolute atomic E-state index is 0.0416. The normalized spacial score (nSPS) is 19.9. The molecule has 7 heteroatoms. The van der Waals surface area contributed by atoms with E-state index >= 15 is 0 Å². The number of carbonyl (C=O) groups excluding carboxylic acids is 1. The number of nitrogens with zero attached hydrogens (tertiary/aromatic N) is 3. The Hall–Kier alpha value is -1.70. The lowest BCUT2D eigenvalue weighted by molar-refractivity contribution is 0.0885. The van der Waals surface area contributed by atoms with Crippen LogP contribution in [0.5, 0.6) is 0 Å². The number of amides is 1. The van der Waals surface area contributed by atoms with Gasteiger partial charge in [0.2, 0.25) is 0 Å². The second-order valence-corrected chi connectivity index (χ2v) is 8.30. The van der Waals surface area contributed by atoms with Gasteiger partial charge in [-0.2, -0.15) is 5.10 Å². The number of likely N-dealkylation sites (N-methyl/N-ethyl adjacent to an activating group) is 1. The van der Waals surface area contributed by atoms with Gasteiger partial charge >= 0.3 is 0 Å². The van der Waals surface area contributed by atoms with Crippen LogP contribution in [0.25, 0.3) is 0 Å². The summed E-state index contributed by atoms with van der Waals surface area (Å²) < 4.78 is 0. The third kappa shape index (κ3) is 3.70. The Bertz CT molecular complexity index is 733. The first-order chi connectivity index (χ1) is 12.7. The molecular weight excluding hydrogens is 346 g/mol. The molecule has 6 nitrogen and oxygen atoms in total. The van der Waals surface area contributed by atoms with Gasteiger partial charge in [-0.05, 0) is 44.2 Å². The number of aromatic amines is 1. The van der Waals surface area contributed by atoms with Crippen molar-refractivity contribution in [3.8, 4) is 0 Å². The zero-order valence-corrected chi connectivity index (χ0v) is 16.1. The van der Waals surface area contributed by atoms with Crippen molar-refractivity contribution in [3.05, 3.63) is 39.3 Å². The highest BCUT2D eigenvalue weighted by Gasteiger charge is 2.27. The third-order valence-corrected chi connectivity index (χ3v) is 6.55. The van der Waals surface area contributed by atoms with Gasteiger partial charge in [-0.15, -0.1) is 11.3 Å². The monoisotopic (exact) mass is 373 g/mol. The highest BCUT2D eigenvalue weighted by molar-refractivity contribution is 7.10. The van der Waals surface area contributed by atoms with Crippen LogP contribution in [0.4, 0.5) is 0 Å². The van der Waals surface area contributed by atoms with Crippen LogP contribution in [0.3, 0.4) is 0 Å². The SMILES string of the molecule is CN1CCN(C(CNC(=O)c2n[nH]c3c2CCCC3)c2cccs2)CC1. The lowest BCUT2D eigenvalue weighted by Crippen LogP contribution is -2.48. The quantitative estimate of drug-likeness (QED) is 0.842. The number of aromatic nitrogens is 2. The largest absolute Gasteiger partial charge is 0.349 e. The molecule has 1 aliphatic carbocycles. The number of nitrogens with one attached hydrogen (secondary N) is 2.